The summed E-state index contributed by atoms with van der Waals surface area (Å²) in [5.74, 6) is 0. The van der Waals surface area contributed by atoms with E-state index in [-0.39, 0.29) is 6.04 Å². The molecule has 2 N–H and O–H groups in total. The summed E-state index contributed by atoms with van der Waals surface area (Å²) in [6.07, 6.45) is 3.51. The maximum atomic E-state index is 6.14. The van der Waals surface area contributed by atoms with Gasteiger partial charge in [0.25, 0.3) is 0 Å². The number of hydrogen-bond donors (Lipinski definition) is 1. The van der Waals surface area contributed by atoms with Crippen LogP contribution in [0.2, 0.25) is 0 Å². The van der Waals surface area contributed by atoms with E-state index >= 15 is 0 Å². The Balaban J connectivity index is 2.41. The fourth-order valence-corrected chi connectivity index (χ4v) is 1.65. The summed E-state index contributed by atoms with van der Waals surface area (Å²) in [6, 6.07) is 5.63. The van der Waals surface area contributed by atoms with Crippen LogP contribution in [0.5, 0.6) is 0 Å². The normalized spacial score (nSPS) is 12.7. The summed E-state index contributed by atoms with van der Waals surface area (Å²) in [6.45, 7) is 2.01. The lowest BCUT2D eigenvalue weighted by molar-refractivity contribution is 0.661. The maximum Gasteiger partial charge on any atom is 0.0899 e. The second-order valence-electron chi connectivity index (χ2n) is 3.56. The van der Waals surface area contributed by atoms with Crippen LogP contribution in [0.3, 0.4) is 0 Å². The van der Waals surface area contributed by atoms with Crippen molar-refractivity contribution >= 4 is 0 Å². The molecular weight excluding hydrogens is 188 g/mol. The largest absolute Gasteiger partial charge is 0.318 e. The highest BCUT2D eigenvalue weighted by molar-refractivity contribution is 5.27. The van der Waals surface area contributed by atoms with Gasteiger partial charge in [-0.25, -0.2) is 0 Å². The van der Waals surface area contributed by atoms with Gasteiger partial charge >= 0.3 is 0 Å². The lowest BCUT2D eigenvalue weighted by atomic mass is 10.1. The van der Waals surface area contributed by atoms with Crippen molar-refractivity contribution in [3.63, 3.8) is 0 Å². The van der Waals surface area contributed by atoms with Gasteiger partial charge in [-0.05, 0) is 24.6 Å². The number of aromatic nitrogens is 3. The average molecular weight is 202 g/mol. The van der Waals surface area contributed by atoms with Gasteiger partial charge in [0.2, 0.25) is 0 Å². The van der Waals surface area contributed by atoms with E-state index in [4.69, 9.17) is 5.73 Å². The molecule has 0 aromatic carbocycles. The SMILES string of the molecule is Cc1cccnc1C(N)c1ccnn1C. The van der Waals surface area contributed by atoms with Gasteiger partial charge < -0.3 is 5.73 Å². The molecular formula is C11H14N4. The minimum atomic E-state index is -0.210. The third-order valence-corrected chi connectivity index (χ3v) is 2.52. The molecule has 0 aliphatic carbocycles. The summed E-state index contributed by atoms with van der Waals surface area (Å²) >= 11 is 0. The van der Waals surface area contributed by atoms with Gasteiger partial charge in [-0.15, -0.1) is 0 Å². The highest BCUT2D eigenvalue weighted by Gasteiger charge is 2.15. The number of hydrogen-bond acceptors (Lipinski definition) is 3. The van der Waals surface area contributed by atoms with E-state index in [9.17, 15) is 0 Å². The Hall–Kier alpha value is -1.68. The standard InChI is InChI=1S/C11H14N4/c1-8-4-3-6-13-11(8)10(12)9-5-7-14-15(9)2/h3-7,10H,12H2,1-2H3. The molecule has 2 aromatic heterocycles. The number of nitrogens with two attached hydrogens (primary N) is 1. The van der Waals surface area contributed by atoms with Gasteiger partial charge in [0.15, 0.2) is 0 Å². The predicted octanol–water partition coefficient (Wildman–Crippen LogP) is 1.17. The Morgan fingerprint density at radius 3 is 2.73 bits per heavy atom. The molecule has 2 aromatic rings. The van der Waals surface area contributed by atoms with Crippen LogP contribution in [0.1, 0.15) is 23.0 Å². The third kappa shape index (κ3) is 1.76. The molecule has 0 aliphatic rings. The zero-order chi connectivity index (χ0) is 10.8. The van der Waals surface area contributed by atoms with Crippen molar-refractivity contribution in [2.75, 3.05) is 0 Å². The molecule has 0 radical (unpaired) electrons. The molecule has 0 spiro atoms. The van der Waals surface area contributed by atoms with Gasteiger partial charge in [-0.2, -0.15) is 5.10 Å². The number of nitrogens with zero attached hydrogens (tertiary/aromatic N) is 3. The molecule has 0 saturated heterocycles. The third-order valence-electron chi connectivity index (χ3n) is 2.52. The lowest BCUT2D eigenvalue weighted by Crippen LogP contribution is -2.18. The first kappa shape index (κ1) is 9.86. The second kappa shape index (κ2) is 3.82. The zero-order valence-electron chi connectivity index (χ0n) is 8.88. The molecule has 2 heterocycles. The Bertz CT molecular complexity index is 461. The molecule has 0 bridgehead atoms. The summed E-state index contributed by atoms with van der Waals surface area (Å²) in [7, 11) is 1.88. The van der Waals surface area contributed by atoms with Gasteiger partial charge in [0.05, 0.1) is 17.4 Å². The summed E-state index contributed by atoms with van der Waals surface area (Å²) < 4.78 is 1.78. The van der Waals surface area contributed by atoms with Crippen molar-refractivity contribution in [3.05, 3.63) is 47.5 Å². The number of aryl methyl sites for hydroxylation is 2. The van der Waals surface area contributed by atoms with E-state index in [0.29, 0.717) is 0 Å². The Kier molecular flexibility index (Phi) is 2.51. The van der Waals surface area contributed by atoms with E-state index in [1.165, 1.54) is 0 Å². The molecule has 15 heavy (non-hydrogen) atoms. The van der Waals surface area contributed by atoms with E-state index in [0.717, 1.165) is 17.0 Å². The van der Waals surface area contributed by atoms with E-state index in [1.807, 2.05) is 32.2 Å². The fourth-order valence-electron chi connectivity index (χ4n) is 1.65. The van der Waals surface area contributed by atoms with Crippen molar-refractivity contribution in [1.29, 1.82) is 0 Å². The topological polar surface area (TPSA) is 56.7 Å². The zero-order valence-corrected chi connectivity index (χ0v) is 8.88. The number of rotatable bonds is 2. The van der Waals surface area contributed by atoms with Crippen LogP contribution in [-0.4, -0.2) is 14.8 Å². The summed E-state index contributed by atoms with van der Waals surface area (Å²) in [4.78, 5) is 4.31. The van der Waals surface area contributed by atoms with Crippen molar-refractivity contribution < 1.29 is 0 Å². The second-order valence-corrected chi connectivity index (χ2v) is 3.56. The van der Waals surface area contributed by atoms with E-state index < -0.39 is 0 Å². The van der Waals surface area contributed by atoms with Crippen molar-refractivity contribution in [2.45, 2.75) is 13.0 Å². The maximum absolute atomic E-state index is 6.14. The molecule has 0 fully saturated rings. The highest BCUT2D eigenvalue weighted by Crippen LogP contribution is 2.19. The van der Waals surface area contributed by atoms with Crippen LogP contribution in [-0.2, 0) is 7.05 Å². The lowest BCUT2D eigenvalue weighted by Gasteiger charge is -2.13. The van der Waals surface area contributed by atoms with Crippen LogP contribution < -0.4 is 5.73 Å². The summed E-state index contributed by atoms with van der Waals surface area (Å²) in [5.41, 5.74) is 9.12. The van der Waals surface area contributed by atoms with Crippen molar-refractivity contribution in [3.8, 4) is 0 Å². The minimum Gasteiger partial charge on any atom is -0.318 e. The van der Waals surface area contributed by atoms with Crippen molar-refractivity contribution in [2.24, 2.45) is 12.8 Å². The van der Waals surface area contributed by atoms with Crippen LogP contribution in [0, 0.1) is 6.92 Å². The van der Waals surface area contributed by atoms with Crippen LogP contribution in [0.15, 0.2) is 30.6 Å². The molecule has 4 nitrogen and oxygen atoms in total. The van der Waals surface area contributed by atoms with Crippen LogP contribution in [0.4, 0.5) is 0 Å². The van der Waals surface area contributed by atoms with Gasteiger partial charge in [0, 0.05) is 19.4 Å². The van der Waals surface area contributed by atoms with Crippen LogP contribution in [0.25, 0.3) is 0 Å². The molecule has 78 valence electrons. The van der Waals surface area contributed by atoms with E-state index in [2.05, 4.69) is 10.1 Å². The molecule has 0 saturated carbocycles. The Morgan fingerprint density at radius 2 is 2.13 bits per heavy atom. The molecule has 1 unspecified atom stereocenters. The van der Waals surface area contributed by atoms with Gasteiger partial charge in [-0.3, -0.25) is 9.67 Å². The first-order chi connectivity index (χ1) is 7.20. The molecule has 0 aliphatic heterocycles. The number of pyridine rings is 1. The molecule has 1 atom stereocenters. The van der Waals surface area contributed by atoms with Crippen LogP contribution >= 0.6 is 0 Å². The first-order valence-corrected chi connectivity index (χ1v) is 4.85. The first-order valence-electron chi connectivity index (χ1n) is 4.85. The highest BCUT2D eigenvalue weighted by atomic mass is 15.3. The predicted molar refractivity (Wildman–Crippen MR) is 58.2 cm³/mol. The molecule has 4 heteroatoms. The quantitative estimate of drug-likeness (QED) is 0.795. The van der Waals surface area contributed by atoms with Crippen molar-refractivity contribution in [1.82, 2.24) is 14.8 Å². The van der Waals surface area contributed by atoms with Gasteiger partial charge in [-0.1, -0.05) is 6.07 Å². The summed E-state index contributed by atoms with van der Waals surface area (Å²) in [5, 5.41) is 4.10. The van der Waals surface area contributed by atoms with Gasteiger partial charge in [0.1, 0.15) is 0 Å². The van der Waals surface area contributed by atoms with E-state index in [1.54, 1.807) is 17.1 Å². The Labute approximate surface area is 88.8 Å². The fraction of sp³-hybridized carbons (Fsp3) is 0.273. The molecule has 0 amide bonds. The minimum absolute atomic E-state index is 0.210. The molecule has 2 rings (SSSR count). The average Bonchev–Trinajstić information content (AvgIpc) is 2.64. The smallest absolute Gasteiger partial charge is 0.0899 e. The monoisotopic (exact) mass is 202 g/mol. The Morgan fingerprint density at radius 1 is 1.33 bits per heavy atom.